The average Bonchev–Trinajstić information content (AvgIpc) is 2.41. The molecule has 1 aliphatic heterocycles. The molecule has 3 N–H and O–H groups in total. The molecule has 18 heavy (non-hydrogen) atoms. The average molecular weight is 265 g/mol. The van der Waals surface area contributed by atoms with E-state index in [4.69, 9.17) is 5.73 Å². The van der Waals surface area contributed by atoms with Gasteiger partial charge in [0.15, 0.2) is 0 Å². The van der Waals surface area contributed by atoms with Crippen LogP contribution in [0.5, 0.6) is 0 Å². The third-order valence-electron chi connectivity index (χ3n) is 3.10. The molecule has 0 atom stereocenters. The summed E-state index contributed by atoms with van der Waals surface area (Å²) in [5, 5.41) is 3.24. The van der Waals surface area contributed by atoms with Crippen molar-refractivity contribution in [1.29, 1.82) is 0 Å². The maximum absolute atomic E-state index is 12.0. The van der Waals surface area contributed by atoms with Crippen molar-refractivity contribution < 1.29 is 4.79 Å². The van der Waals surface area contributed by atoms with Gasteiger partial charge in [-0.2, -0.15) is 0 Å². The Labute approximate surface area is 112 Å². The van der Waals surface area contributed by atoms with Crippen LogP contribution in [0.4, 0.5) is 5.69 Å². The second-order valence-corrected chi connectivity index (χ2v) is 5.42. The molecule has 1 aliphatic rings. The smallest absolute Gasteiger partial charge is 0.233 e. The molecule has 1 heterocycles. The number of thioether (sulfide) groups is 1. The lowest BCUT2D eigenvalue weighted by atomic mass is 10.2. The van der Waals surface area contributed by atoms with Crippen molar-refractivity contribution in [2.75, 3.05) is 37.7 Å². The summed E-state index contributed by atoms with van der Waals surface area (Å²) in [5.74, 6) is 0.663. The summed E-state index contributed by atoms with van der Waals surface area (Å²) >= 11 is 1.53. The molecule has 98 valence electrons. The van der Waals surface area contributed by atoms with E-state index in [-0.39, 0.29) is 5.91 Å². The van der Waals surface area contributed by atoms with Gasteiger partial charge in [0.2, 0.25) is 5.91 Å². The van der Waals surface area contributed by atoms with Crippen molar-refractivity contribution >= 4 is 23.4 Å². The van der Waals surface area contributed by atoms with Crippen LogP contribution in [0.3, 0.4) is 0 Å². The standard InChI is InChI=1S/C13H19N3OS/c1-10-3-2-4-11(13(10)14)18-9-12(17)16-7-5-15-6-8-16/h2-4,15H,5-9,14H2,1H3. The number of nitrogen functional groups attached to an aromatic ring is 1. The summed E-state index contributed by atoms with van der Waals surface area (Å²) in [4.78, 5) is 14.9. The number of amides is 1. The SMILES string of the molecule is Cc1cccc(SCC(=O)N2CCNCC2)c1N. The van der Waals surface area contributed by atoms with Crippen LogP contribution in [0.25, 0.3) is 0 Å². The van der Waals surface area contributed by atoms with Crippen LogP contribution in [-0.4, -0.2) is 42.7 Å². The predicted octanol–water partition coefficient (Wildman–Crippen LogP) is 1.10. The maximum Gasteiger partial charge on any atom is 0.233 e. The van der Waals surface area contributed by atoms with Gasteiger partial charge < -0.3 is 16.0 Å². The van der Waals surface area contributed by atoms with E-state index in [9.17, 15) is 4.79 Å². The number of nitrogens with two attached hydrogens (primary N) is 1. The van der Waals surface area contributed by atoms with Gasteiger partial charge in [0, 0.05) is 36.8 Å². The number of carbonyl (C=O) groups is 1. The van der Waals surface area contributed by atoms with E-state index >= 15 is 0 Å². The minimum Gasteiger partial charge on any atom is -0.398 e. The Morgan fingerprint density at radius 3 is 2.89 bits per heavy atom. The molecular formula is C13H19N3OS. The molecule has 1 fully saturated rings. The Balaban J connectivity index is 1.90. The third-order valence-corrected chi connectivity index (χ3v) is 4.16. The van der Waals surface area contributed by atoms with E-state index < -0.39 is 0 Å². The molecule has 0 spiro atoms. The quantitative estimate of drug-likeness (QED) is 0.635. The molecular weight excluding hydrogens is 246 g/mol. The van der Waals surface area contributed by atoms with Gasteiger partial charge in [-0.1, -0.05) is 12.1 Å². The van der Waals surface area contributed by atoms with Crippen molar-refractivity contribution in [3.05, 3.63) is 23.8 Å². The number of rotatable bonds is 3. The summed E-state index contributed by atoms with van der Waals surface area (Å²) in [5.41, 5.74) is 7.84. The van der Waals surface area contributed by atoms with Gasteiger partial charge >= 0.3 is 0 Å². The summed E-state index contributed by atoms with van der Waals surface area (Å²) in [6.45, 7) is 5.38. The fourth-order valence-corrected chi connectivity index (χ4v) is 2.88. The number of benzene rings is 1. The zero-order valence-electron chi connectivity index (χ0n) is 10.6. The highest BCUT2D eigenvalue weighted by atomic mass is 32.2. The zero-order valence-corrected chi connectivity index (χ0v) is 11.4. The van der Waals surface area contributed by atoms with Crippen molar-refractivity contribution in [3.63, 3.8) is 0 Å². The van der Waals surface area contributed by atoms with E-state index in [1.165, 1.54) is 11.8 Å². The summed E-state index contributed by atoms with van der Waals surface area (Å²) in [6, 6.07) is 5.93. The van der Waals surface area contributed by atoms with Gasteiger partial charge in [-0.25, -0.2) is 0 Å². The van der Waals surface area contributed by atoms with Gasteiger partial charge in [-0.15, -0.1) is 11.8 Å². The Kier molecular flexibility index (Phi) is 4.49. The van der Waals surface area contributed by atoms with Crippen molar-refractivity contribution in [2.24, 2.45) is 0 Å². The lowest BCUT2D eigenvalue weighted by Gasteiger charge is -2.27. The number of hydrogen-bond acceptors (Lipinski definition) is 4. The maximum atomic E-state index is 12.0. The molecule has 1 saturated heterocycles. The Hall–Kier alpha value is -1.20. The Morgan fingerprint density at radius 2 is 2.17 bits per heavy atom. The van der Waals surface area contributed by atoms with E-state index in [1.54, 1.807) is 0 Å². The first kappa shape index (κ1) is 13.2. The minimum atomic E-state index is 0.197. The topological polar surface area (TPSA) is 58.4 Å². The molecule has 2 rings (SSSR count). The molecule has 0 aliphatic carbocycles. The molecule has 0 saturated carbocycles. The van der Waals surface area contributed by atoms with Gasteiger partial charge in [0.1, 0.15) is 0 Å². The van der Waals surface area contributed by atoms with Gasteiger partial charge in [-0.05, 0) is 18.6 Å². The number of piperazine rings is 1. The van der Waals surface area contributed by atoms with Crippen molar-refractivity contribution in [1.82, 2.24) is 10.2 Å². The van der Waals surface area contributed by atoms with Crippen LogP contribution < -0.4 is 11.1 Å². The molecule has 1 amide bonds. The third kappa shape index (κ3) is 3.17. The Morgan fingerprint density at radius 1 is 1.44 bits per heavy atom. The minimum absolute atomic E-state index is 0.197. The lowest BCUT2D eigenvalue weighted by molar-refractivity contribution is -0.128. The van der Waals surface area contributed by atoms with E-state index in [0.717, 1.165) is 42.3 Å². The number of para-hydroxylation sites is 1. The van der Waals surface area contributed by atoms with Crippen LogP contribution in [0.2, 0.25) is 0 Å². The molecule has 0 aromatic heterocycles. The fraction of sp³-hybridized carbons (Fsp3) is 0.462. The highest BCUT2D eigenvalue weighted by Gasteiger charge is 2.16. The first-order valence-corrected chi connectivity index (χ1v) is 7.13. The first-order valence-electron chi connectivity index (χ1n) is 6.15. The predicted molar refractivity (Wildman–Crippen MR) is 75.8 cm³/mol. The largest absolute Gasteiger partial charge is 0.398 e. The monoisotopic (exact) mass is 265 g/mol. The molecule has 5 heteroatoms. The van der Waals surface area contributed by atoms with Gasteiger partial charge in [0.25, 0.3) is 0 Å². The molecule has 1 aromatic carbocycles. The summed E-state index contributed by atoms with van der Waals surface area (Å²) in [6.07, 6.45) is 0. The van der Waals surface area contributed by atoms with Crippen molar-refractivity contribution in [2.45, 2.75) is 11.8 Å². The van der Waals surface area contributed by atoms with E-state index in [2.05, 4.69) is 5.32 Å². The number of hydrogen-bond donors (Lipinski definition) is 2. The van der Waals surface area contributed by atoms with Gasteiger partial charge in [-0.3, -0.25) is 4.79 Å². The number of anilines is 1. The zero-order chi connectivity index (χ0) is 13.0. The molecule has 0 unspecified atom stereocenters. The highest BCUT2D eigenvalue weighted by Crippen LogP contribution is 2.27. The Bertz CT molecular complexity index is 430. The summed E-state index contributed by atoms with van der Waals surface area (Å²) < 4.78 is 0. The molecule has 0 radical (unpaired) electrons. The molecule has 0 bridgehead atoms. The van der Waals surface area contributed by atoms with Crippen LogP contribution >= 0.6 is 11.8 Å². The van der Waals surface area contributed by atoms with Crippen molar-refractivity contribution in [3.8, 4) is 0 Å². The number of nitrogens with one attached hydrogen (secondary N) is 1. The van der Waals surface area contributed by atoms with Gasteiger partial charge in [0.05, 0.1) is 5.75 Å². The van der Waals surface area contributed by atoms with Crippen LogP contribution in [-0.2, 0) is 4.79 Å². The number of aryl methyl sites for hydroxylation is 1. The van der Waals surface area contributed by atoms with E-state index in [1.807, 2.05) is 30.0 Å². The van der Waals surface area contributed by atoms with Crippen LogP contribution in [0.1, 0.15) is 5.56 Å². The molecule has 4 nitrogen and oxygen atoms in total. The van der Waals surface area contributed by atoms with E-state index in [0.29, 0.717) is 5.75 Å². The second-order valence-electron chi connectivity index (χ2n) is 4.41. The summed E-state index contributed by atoms with van der Waals surface area (Å²) in [7, 11) is 0. The number of nitrogens with zero attached hydrogens (tertiary/aromatic N) is 1. The van der Waals surface area contributed by atoms with Crippen LogP contribution in [0.15, 0.2) is 23.1 Å². The second kappa shape index (κ2) is 6.11. The normalized spacial score (nSPS) is 15.7. The fourth-order valence-electron chi connectivity index (χ4n) is 1.92. The number of carbonyl (C=O) groups excluding carboxylic acids is 1. The highest BCUT2D eigenvalue weighted by molar-refractivity contribution is 8.00. The lowest BCUT2D eigenvalue weighted by Crippen LogP contribution is -2.47. The molecule has 1 aromatic rings. The first-order chi connectivity index (χ1) is 8.68. The van der Waals surface area contributed by atoms with Crippen LogP contribution in [0, 0.1) is 6.92 Å².